The van der Waals surface area contributed by atoms with Crippen molar-refractivity contribution in [2.24, 2.45) is 13.0 Å². The van der Waals surface area contributed by atoms with Gasteiger partial charge in [0.2, 0.25) is 0 Å². The van der Waals surface area contributed by atoms with Crippen molar-refractivity contribution < 1.29 is 9.53 Å². The van der Waals surface area contributed by atoms with E-state index in [1.54, 1.807) is 7.05 Å². The number of aromatic amines is 1. The Kier molecular flexibility index (Phi) is 5.10. The average molecular weight is 314 g/mol. The number of aromatic nitrogens is 3. The minimum atomic E-state index is -0.690. The minimum absolute atomic E-state index is 0.206. The summed E-state index contributed by atoms with van der Waals surface area (Å²) in [6.07, 6.45) is 2.04. The third-order valence-electron chi connectivity index (χ3n) is 3.67. The molecule has 1 atom stereocenters. The molecule has 1 fully saturated rings. The predicted octanol–water partition coefficient (Wildman–Crippen LogP) is 0.522. The Morgan fingerprint density at radius 2 is 2.29 bits per heavy atom. The molecule has 118 valence electrons. The van der Waals surface area contributed by atoms with Crippen LogP contribution < -0.4 is 11.0 Å². The number of ether oxygens (including phenoxy) is 1. The van der Waals surface area contributed by atoms with E-state index in [1.807, 2.05) is 13.8 Å². The highest BCUT2D eigenvalue weighted by Gasteiger charge is 2.51. The van der Waals surface area contributed by atoms with Gasteiger partial charge in [-0.25, -0.2) is 9.89 Å². The van der Waals surface area contributed by atoms with E-state index < -0.39 is 5.54 Å². The fourth-order valence-electron chi connectivity index (χ4n) is 2.40. The van der Waals surface area contributed by atoms with E-state index in [2.05, 4.69) is 15.5 Å². The van der Waals surface area contributed by atoms with Crippen molar-refractivity contribution >= 4 is 17.7 Å². The van der Waals surface area contributed by atoms with Gasteiger partial charge in [-0.1, -0.05) is 18.7 Å². The molecule has 0 aromatic carbocycles. The fraction of sp³-hybridized carbons (Fsp3) is 0.769. The van der Waals surface area contributed by atoms with Gasteiger partial charge in [0.15, 0.2) is 5.16 Å². The second-order valence-electron chi connectivity index (χ2n) is 5.16. The first-order valence-corrected chi connectivity index (χ1v) is 8.20. The maximum absolute atomic E-state index is 12.5. The first-order valence-electron chi connectivity index (χ1n) is 7.21. The first kappa shape index (κ1) is 16.1. The molecule has 0 saturated heterocycles. The van der Waals surface area contributed by atoms with Crippen LogP contribution in [0.5, 0.6) is 0 Å². The minimum Gasteiger partial charge on any atom is -0.465 e. The molecular weight excluding hydrogens is 292 g/mol. The number of carbonyl (C=O) groups is 1. The van der Waals surface area contributed by atoms with Gasteiger partial charge in [0, 0.05) is 12.8 Å². The summed E-state index contributed by atoms with van der Waals surface area (Å²) in [5.41, 5.74) is -0.946. The third-order valence-corrected chi connectivity index (χ3v) is 4.90. The summed E-state index contributed by atoms with van der Waals surface area (Å²) >= 11 is 1.39. The number of carbonyl (C=O) groups excluding carboxylic acids is 1. The molecule has 8 heteroatoms. The van der Waals surface area contributed by atoms with Crippen LogP contribution in [-0.2, 0) is 16.6 Å². The molecule has 7 nitrogen and oxygen atoms in total. The van der Waals surface area contributed by atoms with Crippen LogP contribution >= 0.6 is 11.8 Å². The molecular formula is C13H22N4O3S. The van der Waals surface area contributed by atoms with Gasteiger partial charge < -0.3 is 10.1 Å². The predicted molar refractivity (Wildman–Crippen MR) is 80.3 cm³/mol. The van der Waals surface area contributed by atoms with Gasteiger partial charge in [-0.05, 0) is 32.2 Å². The molecule has 1 unspecified atom stereocenters. The zero-order chi connectivity index (χ0) is 15.5. The highest BCUT2D eigenvalue weighted by atomic mass is 32.2. The van der Waals surface area contributed by atoms with E-state index in [4.69, 9.17) is 4.74 Å². The van der Waals surface area contributed by atoms with Crippen LogP contribution in [-0.4, -0.2) is 45.2 Å². The monoisotopic (exact) mass is 314 g/mol. The lowest BCUT2D eigenvalue weighted by Crippen LogP contribution is -2.57. The van der Waals surface area contributed by atoms with Gasteiger partial charge in [0.1, 0.15) is 5.54 Å². The smallest absolute Gasteiger partial charge is 0.343 e. The number of nitrogens with one attached hydrogen (secondary N) is 2. The number of esters is 1. The van der Waals surface area contributed by atoms with Crippen LogP contribution in [0.4, 0.5) is 0 Å². The standard InChI is InChI=1S/C13H22N4O3S/c1-4-14-13(9-6-7-9,10(18)20-5-2)8-21-12-16-15-11(19)17(12)3/h9,14H,4-8H2,1-3H3,(H,15,19). The van der Waals surface area contributed by atoms with E-state index in [-0.39, 0.29) is 11.7 Å². The van der Waals surface area contributed by atoms with Crippen molar-refractivity contribution in [1.29, 1.82) is 0 Å². The number of rotatable bonds is 8. The molecule has 1 aliphatic carbocycles. The zero-order valence-corrected chi connectivity index (χ0v) is 13.5. The number of H-pyrrole nitrogens is 1. The Bertz CT molecular complexity index is 552. The van der Waals surface area contributed by atoms with Crippen LogP contribution in [0.3, 0.4) is 0 Å². The lowest BCUT2D eigenvalue weighted by Gasteiger charge is -2.31. The molecule has 2 rings (SSSR count). The lowest BCUT2D eigenvalue weighted by molar-refractivity contribution is -0.151. The second-order valence-corrected chi connectivity index (χ2v) is 6.10. The summed E-state index contributed by atoms with van der Waals surface area (Å²) in [6.45, 7) is 4.84. The van der Waals surface area contributed by atoms with Gasteiger partial charge in [0.25, 0.3) is 0 Å². The second kappa shape index (κ2) is 6.65. The summed E-state index contributed by atoms with van der Waals surface area (Å²) in [5.74, 6) is 0.588. The molecule has 2 N–H and O–H groups in total. The molecule has 1 aliphatic rings. The van der Waals surface area contributed by atoms with Crippen molar-refractivity contribution in [2.75, 3.05) is 18.9 Å². The number of thioether (sulfide) groups is 1. The number of nitrogens with zero attached hydrogens (tertiary/aromatic N) is 2. The molecule has 1 aromatic heterocycles. The van der Waals surface area contributed by atoms with Crippen LogP contribution in [0.25, 0.3) is 0 Å². The third kappa shape index (κ3) is 3.32. The van der Waals surface area contributed by atoms with Gasteiger partial charge >= 0.3 is 11.7 Å². The SMILES string of the molecule is CCNC(CSc1n[nH]c(=O)n1C)(C(=O)OCC)C1CC1. The highest BCUT2D eigenvalue weighted by molar-refractivity contribution is 7.99. The largest absolute Gasteiger partial charge is 0.465 e. The van der Waals surface area contributed by atoms with E-state index >= 15 is 0 Å². The Morgan fingerprint density at radius 1 is 1.57 bits per heavy atom. The quantitative estimate of drug-likeness (QED) is 0.537. The molecule has 0 bridgehead atoms. The normalized spacial score (nSPS) is 17.5. The molecule has 0 aliphatic heterocycles. The van der Waals surface area contributed by atoms with Gasteiger partial charge in [-0.3, -0.25) is 9.36 Å². The van der Waals surface area contributed by atoms with Crippen LogP contribution in [0.1, 0.15) is 26.7 Å². The van der Waals surface area contributed by atoms with Gasteiger partial charge in [0.05, 0.1) is 6.61 Å². The Hall–Kier alpha value is -1.28. The molecule has 1 saturated carbocycles. The highest BCUT2D eigenvalue weighted by Crippen LogP contribution is 2.42. The molecule has 21 heavy (non-hydrogen) atoms. The van der Waals surface area contributed by atoms with Crippen LogP contribution in [0, 0.1) is 5.92 Å². The number of hydrogen-bond acceptors (Lipinski definition) is 6. The summed E-state index contributed by atoms with van der Waals surface area (Å²) in [7, 11) is 1.66. The topological polar surface area (TPSA) is 89.0 Å². The summed E-state index contributed by atoms with van der Waals surface area (Å²) in [6, 6.07) is 0. The Morgan fingerprint density at radius 3 is 2.76 bits per heavy atom. The van der Waals surface area contributed by atoms with E-state index in [0.717, 1.165) is 12.8 Å². The molecule has 0 spiro atoms. The average Bonchev–Trinajstić information content (AvgIpc) is 3.25. The Labute approximate surface area is 127 Å². The van der Waals surface area contributed by atoms with E-state index in [9.17, 15) is 9.59 Å². The van der Waals surface area contributed by atoms with Crippen LogP contribution in [0.2, 0.25) is 0 Å². The number of likely N-dealkylation sites (N-methyl/N-ethyl adjacent to an activating group) is 1. The molecule has 1 heterocycles. The summed E-state index contributed by atoms with van der Waals surface area (Å²) in [4.78, 5) is 23.9. The maximum Gasteiger partial charge on any atom is 0.343 e. The van der Waals surface area contributed by atoms with Gasteiger partial charge in [-0.15, -0.1) is 5.10 Å². The maximum atomic E-state index is 12.5. The molecule has 0 radical (unpaired) electrons. The number of hydrogen-bond donors (Lipinski definition) is 2. The summed E-state index contributed by atoms with van der Waals surface area (Å²) in [5, 5.41) is 10.3. The van der Waals surface area contributed by atoms with E-state index in [0.29, 0.717) is 30.0 Å². The van der Waals surface area contributed by atoms with Gasteiger partial charge in [-0.2, -0.15) is 0 Å². The fourth-order valence-corrected chi connectivity index (χ4v) is 3.60. The summed E-state index contributed by atoms with van der Waals surface area (Å²) < 4.78 is 6.72. The van der Waals surface area contributed by atoms with Crippen LogP contribution in [0.15, 0.2) is 9.95 Å². The Balaban J connectivity index is 2.17. The van der Waals surface area contributed by atoms with Crippen molar-refractivity contribution in [3.8, 4) is 0 Å². The van der Waals surface area contributed by atoms with Crippen molar-refractivity contribution in [2.45, 2.75) is 37.4 Å². The lowest BCUT2D eigenvalue weighted by atomic mass is 9.95. The molecule has 1 aromatic rings. The van der Waals surface area contributed by atoms with Crippen molar-refractivity contribution in [3.63, 3.8) is 0 Å². The zero-order valence-electron chi connectivity index (χ0n) is 12.6. The van der Waals surface area contributed by atoms with Crippen molar-refractivity contribution in [3.05, 3.63) is 10.5 Å². The van der Waals surface area contributed by atoms with Crippen molar-refractivity contribution in [1.82, 2.24) is 20.1 Å². The first-order chi connectivity index (χ1) is 10.0. The van der Waals surface area contributed by atoms with E-state index in [1.165, 1.54) is 16.3 Å². The molecule has 0 amide bonds.